The maximum Gasteiger partial charge on any atom is 0.288 e. The van der Waals surface area contributed by atoms with Crippen LogP contribution in [-0.4, -0.2) is 0 Å². The third-order valence-electron chi connectivity index (χ3n) is 4.16. The Bertz CT molecular complexity index is 1280. The zero-order chi connectivity index (χ0) is 18.7. The number of hydrogen-bond donors (Lipinski definition) is 0. The molecule has 4 aromatic rings. The lowest BCUT2D eigenvalue weighted by atomic mass is 10.1. The molecule has 0 radical (unpaired) electrons. The second-order valence-electron chi connectivity index (χ2n) is 5.73. The molecule has 0 fully saturated rings. The predicted molar refractivity (Wildman–Crippen MR) is 126 cm³/mol. The van der Waals surface area contributed by atoms with Gasteiger partial charge in [-0.15, -0.1) is 11.8 Å². The lowest BCUT2D eigenvalue weighted by Gasteiger charge is -2.14. The van der Waals surface area contributed by atoms with Crippen molar-refractivity contribution in [3.05, 3.63) is 59.8 Å². The average Bonchev–Trinajstić information content (AvgIpc) is 3.28. The maximum absolute atomic E-state index is 12.1. The molecule has 1 nitrogen and oxygen atoms in total. The van der Waals surface area contributed by atoms with Crippen molar-refractivity contribution in [2.45, 2.75) is 20.4 Å². The van der Waals surface area contributed by atoms with Crippen LogP contribution in [-0.2, 0) is 5.75 Å². The monoisotopic (exact) mass is 504 g/mol. The van der Waals surface area contributed by atoms with E-state index < -0.39 is 0 Å². The SMILES string of the molecule is O=c1sc2c(Cl)c3c4c(c(Cl)c(Cl)c(SCc5ccccc5)c4c2s1)SS3. The summed E-state index contributed by atoms with van der Waals surface area (Å²) in [5, 5.41) is 3.80. The van der Waals surface area contributed by atoms with Crippen LogP contribution in [0.2, 0.25) is 15.1 Å². The van der Waals surface area contributed by atoms with E-state index in [0.717, 1.165) is 40.6 Å². The molecule has 0 saturated carbocycles. The molecule has 1 aromatic heterocycles. The molecule has 27 heavy (non-hydrogen) atoms. The molecule has 0 unspecified atom stereocenters. The molecule has 5 rings (SSSR count). The standard InChI is InChI=1S/C18H7Cl3OS5/c19-10-11(20)14-9-8(13(10)23-6-7-4-2-1-3-5-7)16-17(25-18(22)24-16)12(21)15(9)27-26-14/h1-5H,6H2. The maximum atomic E-state index is 12.1. The number of fused-ring (bicyclic) bond motifs is 2. The van der Waals surface area contributed by atoms with E-state index >= 15 is 0 Å². The molecule has 0 N–H and O–H groups in total. The molecular formula is C18H7Cl3OS5. The Hall–Kier alpha value is -0.0500. The normalized spacial score (nSPS) is 13.1. The average molecular weight is 506 g/mol. The van der Waals surface area contributed by atoms with Gasteiger partial charge in [0.2, 0.25) is 0 Å². The summed E-state index contributed by atoms with van der Waals surface area (Å²) in [4.78, 5) is 15.0. The zero-order valence-corrected chi connectivity index (χ0v) is 19.5. The largest absolute Gasteiger partial charge is 0.288 e. The van der Waals surface area contributed by atoms with Crippen molar-refractivity contribution in [1.82, 2.24) is 0 Å². The molecule has 0 aliphatic carbocycles. The van der Waals surface area contributed by atoms with Crippen molar-refractivity contribution >= 4 is 111 Å². The Morgan fingerprint density at radius 3 is 2.22 bits per heavy atom. The van der Waals surface area contributed by atoms with E-state index in [0.29, 0.717) is 15.1 Å². The number of rotatable bonds is 3. The first-order chi connectivity index (χ1) is 13.1. The van der Waals surface area contributed by atoms with Crippen LogP contribution < -0.4 is 4.06 Å². The van der Waals surface area contributed by atoms with E-state index in [1.807, 2.05) is 18.2 Å². The minimum absolute atomic E-state index is 0.0372. The van der Waals surface area contributed by atoms with Crippen molar-refractivity contribution in [2.75, 3.05) is 0 Å². The Balaban J connectivity index is 1.83. The van der Waals surface area contributed by atoms with Crippen LogP contribution in [0.25, 0.3) is 20.2 Å². The molecule has 0 atom stereocenters. The second kappa shape index (κ2) is 7.33. The van der Waals surface area contributed by atoms with Gasteiger partial charge in [-0.05, 0) is 5.56 Å². The van der Waals surface area contributed by atoms with Crippen molar-refractivity contribution < 1.29 is 0 Å². The third kappa shape index (κ3) is 3.04. The molecular weight excluding hydrogens is 499 g/mol. The van der Waals surface area contributed by atoms with Gasteiger partial charge in [-0.3, -0.25) is 4.79 Å². The van der Waals surface area contributed by atoms with Crippen LogP contribution in [0.1, 0.15) is 5.56 Å². The number of thioether (sulfide) groups is 1. The summed E-state index contributed by atoms with van der Waals surface area (Å²) in [5.41, 5.74) is 1.20. The summed E-state index contributed by atoms with van der Waals surface area (Å²) in [6.45, 7) is 0. The van der Waals surface area contributed by atoms with Crippen LogP contribution >= 0.6 is 90.8 Å². The van der Waals surface area contributed by atoms with Crippen LogP contribution in [0.3, 0.4) is 0 Å². The van der Waals surface area contributed by atoms with Gasteiger partial charge in [0.05, 0.1) is 24.5 Å². The van der Waals surface area contributed by atoms with Gasteiger partial charge in [0.15, 0.2) is 0 Å². The van der Waals surface area contributed by atoms with E-state index in [4.69, 9.17) is 34.8 Å². The molecule has 0 saturated heterocycles. The van der Waals surface area contributed by atoms with Crippen LogP contribution in [0.5, 0.6) is 0 Å². The molecule has 3 aromatic carbocycles. The van der Waals surface area contributed by atoms with Gasteiger partial charge in [0, 0.05) is 31.2 Å². The highest BCUT2D eigenvalue weighted by atomic mass is 35.5. The first-order valence-electron chi connectivity index (χ1n) is 7.67. The quantitative estimate of drug-likeness (QED) is 0.204. The molecule has 136 valence electrons. The summed E-state index contributed by atoms with van der Waals surface area (Å²) in [7, 11) is 3.17. The Morgan fingerprint density at radius 1 is 0.815 bits per heavy atom. The van der Waals surface area contributed by atoms with E-state index in [1.54, 1.807) is 33.3 Å². The van der Waals surface area contributed by atoms with Gasteiger partial charge < -0.3 is 0 Å². The third-order valence-corrected chi connectivity index (χ3v) is 11.7. The van der Waals surface area contributed by atoms with Gasteiger partial charge in [0.1, 0.15) is 0 Å². The lowest BCUT2D eigenvalue weighted by Crippen LogP contribution is -1.88. The van der Waals surface area contributed by atoms with Gasteiger partial charge >= 0.3 is 0 Å². The fourth-order valence-corrected chi connectivity index (χ4v) is 10.5. The summed E-state index contributed by atoms with van der Waals surface area (Å²) in [6.07, 6.45) is 0. The fourth-order valence-electron chi connectivity index (χ4n) is 2.99. The van der Waals surface area contributed by atoms with Crippen LogP contribution in [0.15, 0.2) is 49.8 Å². The van der Waals surface area contributed by atoms with E-state index in [1.165, 1.54) is 28.2 Å². The highest BCUT2D eigenvalue weighted by Gasteiger charge is 2.30. The minimum atomic E-state index is 0.0372. The fraction of sp³-hybridized carbons (Fsp3) is 0.0556. The van der Waals surface area contributed by atoms with Crippen molar-refractivity contribution in [3.8, 4) is 0 Å². The smallest absolute Gasteiger partial charge is 0.265 e. The predicted octanol–water partition coefficient (Wildman–Crippen LogP) is 8.84. The van der Waals surface area contributed by atoms with Crippen LogP contribution in [0.4, 0.5) is 0 Å². The van der Waals surface area contributed by atoms with Gasteiger partial charge in [0.25, 0.3) is 4.06 Å². The van der Waals surface area contributed by atoms with Gasteiger partial charge in [-0.25, -0.2) is 0 Å². The highest BCUT2D eigenvalue weighted by Crippen LogP contribution is 2.62. The molecule has 9 heteroatoms. The Labute approximate surface area is 189 Å². The molecule has 1 aliphatic heterocycles. The molecule has 2 heterocycles. The van der Waals surface area contributed by atoms with Gasteiger partial charge in [-0.1, -0.05) is 109 Å². The first-order valence-corrected chi connectivity index (χ1v) is 13.6. The minimum Gasteiger partial charge on any atom is -0.265 e. The van der Waals surface area contributed by atoms with Crippen molar-refractivity contribution in [3.63, 3.8) is 0 Å². The first kappa shape index (κ1) is 18.9. The molecule has 0 bridgehead atoms. The van der Waals surface area contributed by atoms with Crippen molar-refractivity contribution in [2.24, 2.45) is 0 Å². The molecule has 1 aliphatic rings. The zero-order valence-electron chi connectivity index (χ0n) is 13.2. The Morgan fingerprint density at radius 2 is 1.48 bits per heavy atom. The topological polar surface area (TPSA) is 17.1 Å². The summed E-state index contributed by atoms with van der Waals surface area (Å²) >= 11 is 24.1. The second-order valence-corrected chi connectivity index (χ2v) is 12.2. The molecule has 0 amide bonds. The summed E-state index contributed by atoms with van der Waals surface area (Å²) in [6, 6.07) is 10.2. The van der Waals surface area contributed by atoms with E-state index in [9.17, 15) is 4.79 Å². The lowest BCUT2D eigenvalue weighted by molar-refractivity contribution is 1.38. The van der Waals surface area contributed by atoms with Crippen molar-refractivity contribution in [1.29, 1.82) is 0 Å². The Kier molecular flexibility index (Phi) is 5.14. The van der Waals surface area contributed by atoms with Gasteiger partial charge in [-0.2, -0.15) is 0 Å². The number of benzene rings is 3. The number of halogens is 3. The summed E-state index contributed by atoms with van der Waals surface area (Å²) in [5.74, 6) is 0.768. The van der Waals surface area contributed by atoms with Crippen LogP contribution in [0, 0.1) is 0 Å². The molecule has 0 spiro atoms. The van der Waals surface area contributed by atoms with E-state index in [-0.39, 0.29) is 4.06 Å². The number of hydrogen-bond acceptors (Lipinski definition) is 6. The summed E-state index contributed by atoms with van der Waals surface area (Å²) < 4.78 is 1.79. The highest BCUT2D eigenvalue weighted by molar-refractivity contribution is 8.77. The van der Waals surface area contributed by atoms with E-state index in [2.05, 4.69) is 12.1 Å².